The van der Waals surface area contributed by atoms with Crippen LogP contribution in [0.15, 0.2) is 24.3 Å². The third-order valence-corrected chi connectivity index (χ3v) is 3.83. The molecule has 0 aromatic heterocycles. The SMILES string of the molecule is CCC(C)N(CC)C(c1ccc(OC)cc1)C(C)N. The van der Waals surface area contributed by atoms with Gasteiger partial charge in [0, 0.05) is 18.1 Å². The molecule has 0 saturated carbocycles. The fourth-order valence-corrected chi connectivity index (χ4v) is 2.62. The van der Waals surface area contributed by atoms with Crippen LogP contribution in [0.25, 0.3) is 0 Å². The molecule has 0 saturated heterocycles. The summed E-state index contributed by atoms with van der Waals surface area (Å²) in [5.41, 5.74) is 7.50. The molecule has 3 atom stereocenters. The van der Waals surface area contributed by atoms with Gasteiger partial charge in [0.25, 0.3) is 0 Å². The van der Waals surface area contributed by atoms with Crippen LogP contribution in [0.1, 0.15) is 45.7 Å². The zero-order valence-electron chi connectivity index (χ0n) is 12.9. The molecule has 1 aromatic carbocycles. The normalized spacial score (nSPS) is 16.2. The van der Waals surface area contributed by atoms with Crippen molar-refractivity contribution in [2.45, 2.75) is 52.2 Å². The van der Waals surface area contributed by atoms with E-state index < -0.39 is 0 Å². The van der Waals surface area contributed by atoms with Crippen LogP contribution in [-0.2, 0) is 0 Å². The first kappa shape index (κ1) is 16.0. The summed E-state index contributed by atoms with van der Waals surface area (Å²) in [5, 5.41) is 0. The first-order valence-corrected chi connectivity index (χ1v) is 7.20. The van der Waals surface area contributed by atoms with Crippen LogP contribution < -0.4 is 10.5 Å². The summed E-state index contributed by atoms with van der Waals surface area (Å²) < 4.78 is 5.22. The molecular weight excluding hydrogens is 236 g/mol. The van der Waals surface area contributed by atoms with Gasteiger partial charge < -0.3 is 10.5 Å². The van der Waals surface area contributed by atoms with Crippen molar-refractivity contribution in [3.05, 3.63) is 29.8 Å². The minimum atomic E-state index is 0.0994. The maximum absolute atomic E-state index is 6.24. The van der Waals surface area contributed by atoms with Crippen LogP contribution in [0.5, 0.6) is 5.75 Å². The monoisotopic (exact) mass is 264 g/mol. The maximum Gasteiger partial charge on any atom is 0.118 e. The van der Waals surface area contributed by atoms with E-state index in [9.17, 15) is 0 Å². The van der Waals surface area contributed by atoms with Crippen molar-refractivity contribution in [2.24, 2.45) is 5.73 Å². The average molecular weight is 264 g/mol. The van der Waals surface area contributed by atoms with Gasteiger partial charge in [0.1, 0.15) is 5.75 Å². The molecule has 1 aromatic rings. The number of rotatable bonds is 7. The van der Waals surface area contributed by atoms with Crippen molar-refractivity contribution < 1.29 is 4.74 Å². The molecule has 0 amide bonds. The van der Waals surface area contributed by atoms with Crippen molar-refractivity contribution in [3.63, 3.8) is 0 Å². The quantitative estimate of drug-likeness (QED) is 0.822. The second-order valence-electron chi connectivity index (χ2n) is 5.16. The molecular formula is C16H28N2O. The standard InChI is InChI=1S/C16H28N2O/c1-6-12(3)18(7-2)16(13(4)17)14-8-10-15(19-5)11-9-14/h8-13,16H,6-7,17H2,1-5H3. The Balaban J connectivity index is 3.04. The number of ether oxygens (including phenoxy) is 1. The van der Waals surface area contributed by atoms with Crippen LogP contribution >= 0.6 is 0 Å². The number of nitrogens with zero attached hydrogens (tertiary/aromatic N) is 1. The van der Waals surface area contributed by atoms with Crippen LogP contribution in [0.3, 0.4) is 0 Å². The van der Waals surface area contributed by atoms with Gasteiger partial charge in [-0.15, -0.1) is 0 Å². The van der Waals surface area contributed by atoms with E-state index in [2.05, 4.69) is 44.7 Å². The summed E-state index contributed by atoms with van der Waals surface area (Å²) in [6.45, 7) is 9.78. The lowest BCUT2D eigenvalue weighted by Crippen LogP contribution is -2.43. The highest BCUT2D eigenvalue weighted by Crippen LogP contribution is 2.27. The van der Waals surface area contributed by atoms with Gasteiger partial charge in [0.05, 0.1) is 7.11 Å². The Hall–Kier alpha value is -1.06. The van der Waals surface area contributed by atoms with Crippen molar-refractivity contribution in [1.82, 2.24) is 4.90 Å². The second-order valence-corrected chi connectivity index (χ2v) is 5.16. The molecule has 0 aliphatic rings. The Morgan fingerprint density at radius 3 is 2.11 bits per heavy atom. The highest BCUT2D eigenvalue weighted by molar-refractivity contribution is 5.30. The van der Waals surface area contributed by atoms with Gasteiger partial charge in [-0.2, -0.15) is 0 Å². The molecule has 19 heavy (non-hydrogen) atoms. The van der Waals surface area contributed by atoms with E-state index in [1.807, 2.05) is 12.1 Å². The second kappa shape index (κ2) is 7.51. The molecule has 0 fully saturated rings. The minimum Gasteiger partial charge on any atom is -0.497 e. The summed E-state index contributed by atoms with van der Waals surface area (Å²) in [5.74, 6) is 0.888. The lowest BCUT2D eigenvalue weighted by Gasteiger charge is -2.38. The zero-order valence-corrected chi connectivity index (χ0v) is 12.9. The number of methoxy groups -OCH3 is 1. The van der Waals surface area contributed by atoms with E-state index in [-0.39, 0.29) is 12.1 Å². The smallest absolute Gasteiger partial charge is 0.118 e. The van der Waals surface area contributed by atoms with E-state index in [4.69, 9.17) is 10.5 Å². The summed E-state index contributed by atoms with van der Waals surface area (Å²) in [6, 6.07) is 9.15. The fourth-order valence-electron chi connectivity index (χ4n) is 2.62. The third-order valence-electron chi connectivity index (χ3n) is 3.83. The van der Waals surface area contributed by atoms with Crippen LogP contribution in [0, 0.1) is 0 Å². The molecule has 0 radical (unpaired) electrons. The Kier molecular flexibility index (Phi) is 6.32. The largest absolute Gasteiger partial charge is 0.497 e. The van der Waals surface area contributed by atoms with Crippen molar-refractivity contribution >= 4 is 0 Å². The van der Waals surface area contributed by atoms with Crippen LogP contribution in [-0.4, -0.2) is 30.6 Å². The summed E-state index contributed by atoms with van der Waals surface area (Å²) in [4.78, 5) is 2.48. The maximum atomic E-state index is 6.24. The number of nitrogens with two attached hydrogens (primary N) is 1. The number of likely N-dealkylation sites (N-methyl/N-ethyl adjacent to an activating group) is 1. The molecule has 0 heterocycles. The van der Waals surface area contributed by atoms with E-state index >= 15 is 0 Å². The van der Waals surface area contributed by atoms with Crippen LogP contribution in [0.2, 0.25) is 0 Å². The molecule has 3 heteroatoms. The number of hydrogen-bond acceptors (Lipinski definition) is 3. The van der Waals surface area contributed by atoms with E-state index in [0.717, 1.165) is 18.7 Å². The van der Waals surface area contributed by atoms with E-state index in [1.54, 1.807) is 7.11 Å². The Morgan fingerprint density at radius 1 is 1.16 bits per heavy atom. The molecule has 0 spiro atoms. The molecule has 1 rings (SSSR count). The van der Waals surface area contributed by atoms with Gasteiger partial charge in [0.15, 0.2) is 0 Å². The number of benzene rings is 1. The minimum absolute atomic E-state index is 0.0994. The Morgan fingerprint density at radius 2 is 1.74 bits per heavy atom. The average Bonchev–Trinajstić information content (AvgIpc) is 2.43. The molecule has 2 N–H and O–H groups in total. The lowest BCUT2D eigenvalue weighted by molar-refractivity contribution is 0.131. The molecule has 108 valence electrons. The Bertz CT molecular complexity index is 362. The van der Waals surface area contributed by atoms with Gasteiger partial charge in [-0.3, -0.25) is 4.90 Å². The van der Waals surface area contributed by atoms with Crippen molar-refractivity contribution in [2.75, 3.05) is 13.7 Å². The molecule has 0 aliphatic heterocycles. The predicted octanol–water partition coefficient (Wildman–Crippen LogP) is 3.20. The summed E-state index contributed by atoms with van der Waals surface area (Å²) in [6.07, 6.45) is 1.13. The van der Waals surface area contributed by atoms with E-state index in [1.165, 1.54) is 5.56 Å². The van der Waals surface area contributed by atoms with Gasteiger partial charge >= 0.3 is 0 Å². The number of hydrogen-bond donors (Lipinski definition) is 1. The molecule has 0 aliphatic carbocycles. The fraction of sp³-hybridized carbons (Fsp3) is 0.625. The first-order chi connectivity index (χ1) is 9.04. The zero-order chi connectivity index (χ0) is 14.4. The molecule has 0 bridgehead atoms. The molecule has 3 unspecified atom stereocenters. The third kappa shape index (κ3) is 3.95. The highest BCUT2D eigenvalue weighted by atomic mass is 16.5. The van der Waals surface area contributed by atoms with Crippen molar-refractivity contribution in [3.8, 4) is 5.75 Å². The topological polar surface area (TPSA) is 38.5 Å². The van der Waals surface area contributed by atoms with Crippen molar-refractivity contribution in [1.29, 1.82) is 0 Å². The molecule has 3 nitrogen and oxygen atoms in total. The summed E-state index contributed by atoms with van der Waals surface area (Å²) >= 11 is 0. The van der Waals surface area contributed by atoms with Gasteiger partial charge in [0.2, 0.25) is 0 Å². The van der Waals surface area contributed by atoms with Gasteiger partial charge in [-0.1, -0.05) is 26.0 Å². The Labute approximate surface area is 117 Å². The summed E-state index contributed by atoms with van der Waals surface area (Å²) in [7, 11) is 1.69. The predicted molar refractivity (Wildman–Crippen MR) is 81.5 cm³/mol. The van der Waals surface area contributed by atoms with E-state index in [0.29, 0.717) is 6.04 Å². The van der Waals surface area contributed by atoms with Crippen LogP contribution in [0.4, 0.5) is 0 Å². The van der Waals surface area contributed by atoms with Gasteiger partial charge in [-0.05, 0) is 44.5 Å². The first-order valence-electron chi connectivity index (χ1n) is 7.20. The highest BCUT2D eigenvalue weighted by Gasteiger charge is 2.25. The lowest BCUT2D eigenvalue weighted by atomic mass is 9.97. The van der Waals surface area contributed by atoms with Gasteiger partial charge in [-0.25, -0.2) is 0 Å².